The van der Waals surface area contributed by atoms with Crippen LogP contribution in [0.4, 0.5) is 10.2 Å². The summed E-state index contributed by atoms with van der Waals surface area (Å²) in [6.45, 7) is 4.07. The second-order valence-corrected chi connectivity index (χ2v) is 8.47. The molecule has 4 heterocycles. The lowest BCUT2D eigenvalue weighted by molar-refractivity contribution is 0.574. The maximum Gasteiger partial charge on any atom is 0.183 e. The van der Waals surface area contributed by atoms with Crippen LogP contribution in [-0.4, -0.2) is 49.1 Å². The Hall–Kier alpha value is -1.90. The Morgan fingerprint density at radius 1 is 1.39 bits per heavy atom. The van der Waals surface area contributed by atoms with E-state index in [1.54, 1.807) is 18.5 Å². The predicted molar refractivity (Wildman–Crippen MR) is 113 cm³/mol. The lowest BCUT2D eigenvalue weighted by Crippen LogP contribution is -2.24. The molecule has 0 aromatic carbocycles. The van der Waals surface area contributed by atoms with Crippen molar-refractivity contribution < 1.29 is 4.39 Å². The van der Waals surface area contributed by atoms with Crippen LogP contribution in [0.5, 0.6) is 0 Å². The summed E-state index contributed by atoms with van der Waals surface area (Å²) in [5.41, 5.74) is 1.44. The third kappa shape index (κ3) is 4.24. The maximum atomic E-state index is 14.3. The third-order valence-electron chi connectivity index (χ3n) is 4.75. The summed E-state index contributed by atoms with van der Waals surface area (Å²) in [6.07, 6.45) is 7.94. The molecule has 2 N–H and O–H groups in total. The Morgan fingerprint density at radius 3 is 3.14 bits per heavy atom. The fourth-order valence-corrected chi connectivity index (χ4v) is 4.61. The average molecular weight is 421 g/mol. The molecule has 1 aliphatic heterocycles. The number of nitrogens with zero attached hydrogens (tertiary/aromatic N) is 4. The van der Waals surface area contributed by atoms with Crippen molar-refractivity contribution in [3.05, 3.63) is 35.5 Å². The van der Waals surface area contributed by atoms with Gasteiger partial charge in [0, 0.05) is 48.2 Å². The van der Waals surface area contributed by atoms with Gasteiger partial charge in [0.15, 0.2) is 17.5 Å². The molecule has 0 amide bonds. The van der Waals surface area contributed by atoms with Gasteiger partial charge in [0.1, 0.15) is 5.65 Å². The minimum absolute atomic E-state index is 0.172. The highest BCUT2D eigenvalue weighted by Crippen LogP contribution is 2.29. The van der Waals surface area contributed by atoms with Crippen molar-refractivity contribution in [1.29, 1.82) is 0 Å². The quantitative estimate of drug-likeness (QED) is 0.424. The van der Waals surface area contributed by atoms with E-state index >= 15 is 0 Å². The van der Waals surface area contributed by atoms with Gasteiger partial charge in [-0.3, -0.25) is 0 Å². The first-order valence-corrected chi connectivity index (χ1v) is 10.8. The van der Waals surface area contributed by atoms with Gasteiger partial charge in [-0.2, -0.15) is 0 Å². The minimum Gasteiger partial charge on any atom is -0.363 e. The first kappa shape index (κ1) is 19.4. The fourth-order valence-electron chi connectivity index (χ4n) is 3.26. The number of H-pyrrole nitrogens is 1. The van der Waals surface area contributed by atoms with Crippen molar-refractivity contribution in [2.75, 3.05) is 24.2 Å². The number of fused-ring (bicyclic) bond motifs is 1. The van der Waals surface area contributed by atoms with Crippen LogP contribution >= 0.6 is 23.5 Å². The number of rotatable bonds is 7. The Kier molecular flexibility index (Phi) is 5.99. The summed E-state index contributed by atoms with van der Waals surface area (Å²) in [6, 6.07) is 1.98. The first-order chi connectivity index (χ1) is 13.6. The average Bonchev–Trinajstić information content (AvgIpc) is 3.30. The number of hydrogen-bond acceptors (Lipinski definition) is 6. The molecule has 1 aliphatic rings. The van der Waals surface area contributed by atoms with Crippen LogP contribution in [0.15, 0.2) is 24.7 Å². The van der Waals surface area contributed by atoms with Gasteiger partial charge < -0.3 is 10.3 Å². The summed E-state index contributed by atoms with van der Waals surface area (Å²) in [5.74, 6) is 1.36. The topological polar surface area (TPSA) is 69.7 Å². The molecule has 3 aromatic heterocycles. The van der Waals surface area contributed by atoms with E-state index in [0.29, 0.717) is 16.5 Å². The monoisotopic (exact) mass is 420 g/mol. The van der Waals surface area contributed by atoms with Gasteiger partial charge in [-0.25, -0.2) is 23.6 Å². The van der Waals surface area contributed by atoms with Crippen molar-refractivity contribution in [2.45, 2.75) is 32.2 Å². The molecular weight excluding hydrogens is 399 g/mol. The van der Waals surface area contributed by atoms with E-state index in [1.807, 2.05) is 11.9 Å². The van der Waals surface area contributed by atoms with E-state index < -0.39 is 5.82 Å². The third-order valence-corrected chi connectivity index (χ3v) is 6.12. The standard InChI is InChI=1S/C19H22ClFN6S/c1-2-3-6-28-27-5-4-13(11-27)25-19-16(21)10-24-18(26-19)15-9-23-17-14(15)7-12(20)8-22-17/h7-10,13H,2-6,11H2,1H3,(H,22,23)(H,24,25,26). The molecule has 0 aliphatic carbocycles. The first-order valence-electron chi connectivity index (χ1n) is 9.44. The Bertz CT molecular complexity index is 965. The number of aromatic amines is 1. The molecule has 1 fully saturated rings. The van der Waals surface area contributed by atoms with Crippen LogP contribution in [0.3, 0.4) is 0 Å². The maximum absolute atomic E-state index is 14.3. The number of anilines is 1. The second kappa shape index (κ2) is 8.63. The summed E-state index contributed by atoms with van der Waals surface area (Å²) >= 11 is 7.94. The Balaban J connectivity index is 1.51. The van der Waals surface area contributed by atoms with Crippen molar-refractivity contribution in [2.24, 2.45) is 0 Å². The zero-order chi connectivity index (χ0) is 19.5. The highest BCUT2D eigenvalue weighted by atomic mass is 35.5. The number of nitrogens with one attached hydrogen (secondary N) is 2. The van der Waals surface area contributed by atoms with Gasteiger partial charge in [0.25, 0.3) is 0 Å². The number of hydrogen-bond donors (Lipinski definition) is 2. The highest BCUT2D eigenvalue weighted by molar-refractivity contribution is 7.97. The molecule has 4 rings (SSSR count). The van der Waals surface area contributed by atoms with Gasteiger partial charge in [-0.15, -0.1) is 0 Å². The van der Waals surface area contributed by atoms with Crippen molar-refractivity contribution in [1.82, 2.24) is 24.2 Å². The lowest BCUT2D eigenvalue weighted by atomic mass is 10.2. The van der Waals surface area contributed by atoms with Crippen LogP contribution in [0.2, 0.25) is 5.02 Å². The molecule has 9 heteroatoms. The lowest BCUT2D eigenvalue weighted by Gasteiger charge is -2.16. The summed E-state index contributed by atoms with van der Waals surface area (Å²) in [7, 11) is 0. The second-order valence-electron chi connectivity index (χ2n) is 6.85. The number of pyridine rings is 1. The molecule has 0 spiro atoms. The zero-order valence-corrected chi connectivity index (χ0v) is 17.2. The molecule has 0 saturated carbocycles. The van der Waals surface area contributed by atoms with Gasteiger partial charge in [0.05, 0.1) is 11.2 Å². The normalized spacial score (nSPS) is 17.5. The van der Waals surface area contributed by atoms with Crippen molar-refractivity contribution in [3.8, 4) is 11.4 Å². The van der Waals surface area contributed by atoms with Gasteiger partial charge in [0.2, 0.25) is 0 Å². The van der Waals surface area contributed by atoms with Crippen molar-refractivity contribution in [3.63, 3.8) is 0 Å². The number of halogens is 2. The van der Waals surface area contributed by atoms with Gasteiger partial charge >= 0.3 is 0 Å². The van der Waals surface area contributed by atoms with Crippen LogP contribution in [-0.2, 0) is 0 Å². The Morgan fingerprint density at radius 2 is 2.29 bits per heavy atom. The number of unbranched alkanes of at least 4 members (excludes halogenated alkanes) is 1. The molecule has 1 unspecified atom stereocenters. The van der Waals surface area contributed by atoms with Crippen LogP contribution < -0.4 is 5.32 Å². The Labute approximate surface area is 172 Å². The highest BCUT2D eigenvalue weighted by Gasteiger charge is 2.24. The summed E-state index contributed by atoms with van der Waals surface area (Å²) in [5, 5.41) is 4.60. The largest absolute Gasteiger partial charge is 0.363 e. The van der Waals surface area contributed by atoms with Crippen molar-refractivity contribution >= 4 is 40.4 Å². The molecule has 1 atom stereocenters. The molecular formula is C19H22ClFN6S. The van der Waals surface area contributed by atoms with Crippen LogP contribution in [0, 0.1) is 5.82 Å². The van der Waals surface area contributed by atoms with E-state index in [9.17, 15) is 4.39 Å². The molecule has 0 bridgehead atoms. The van der Waals surface area contributed by atoms with E-state index in [4.69, 9.17) is 11.6 Å². The molecule has 1 saturated heterocycles. The molecule has 0 radical (unpaired) electrons. The minimum atomic E-state index is -0.447. The fraction of sp³-hybridized carbons (Fsp3) is 0.421. The van der Waals surface area contributed by atoms with E-state index in [2.05, 4.69) is 36.5 Å². The smallest absolute Gasteiger partial charge is 0.183 e. The van der Waals surface area contributed by atoms with Gasteiger partial charge in [-0.05, 0) is 18.9 Å². The van der Waals surface area contributed by atoms with E-state index in [0.717, 1.165) is 36.2 Å². The SMILES string of the molecule is CCCCSN1CCC(Nc2nc(-c3c[nH]c4ncc(Cl)cc34)ncc2F)C1. The molecule has 148 valence electrons. The number of aromatic nitrogens is 4. The molecule has 28 heavy (non-hydrogen) atoms. The molecule has 6 nitrogen and oxygen atoms in total. The zero-order valence-electron chi connectivity index (χ0n) is 15.6. The van der Waals surface area contributed by atoms with Crippen LogP contribution in [0.1, 0.15) is 26.2 Å². The molecule has 3 aromatic rings. The van der Waals surface area contributed by atoms with Gasteiger partial charge in [-0.1, -0.05) is 36.9 Å². The predicted octanol–water partition coefficient (Wildman–Crippen LogP) is 4.75. The summed E-state index contributed by atoms with van der Waals surface area (Å²) in [4.78, 5) is 15.9. The van der Waals surface area contributed by atoms with Crippen LogP contribution in [0.25, 0.3) is 22.4 Å². The van der Waals surface area contributed by atoms with E-state index in [1.165, 1.54) is 19.0 Å². The summed E-state index contributed by atoms with van der Waals surface area (Å²) < 4.78 is 16.7. The van der Waals surface area contributed by atoms with E-state index in [-0.39, 0.29) is 11.9 Å².